The summed E-state index contributed by atoms with van der Waals surface area (Å²) in [4.78, 5) is 22.8. The molecule has 0 aromatic heterocycles. The Morgan fingerprint density at radius 1 is 1.35 bits per heavy atom. The van der Waals surface area contributed by atoms with Crippen molar-refractivity contribution < 1.29 is 14.7 Å². The third kappa shape index (κ3) is 1.70. The Bertz CT molecular complexity index is 361. The number of carbonyl (C=O) groups is 2. The lowest BCUT2D eigenvalue weighted by molar-refractivity contribution is -0.140. The topological polar surface area (TPSA) is 93.7 Å². The largest absolute Gasteiger partial charge is 0.479 e. The van der Waals surface area contributed by atoms with Crippen molar-refractivity contribution in [3.05, 3.63) is 0 Å². The highest BCUT2D eigenvalue weighted by Gasteiger charge is 2.49. The van der Waals surface area contributed by atoms with Crippen LogP contribution in [0.5, 0.6) is 0 Å². The summed E-state index contributed by atoms with van der Waals surface area (Å²) in [6, 6.07) is 0.345. The number of hydrogen-bond donors (Lipinski definition) is 4. The van der Waals surface area contributed by atoms with Gasteiger partial charge in [0.05, 0.1) is 0 Å². The van der Waals surface area contributed by atoms with Crippen molar-refractivity contribution in [3.63, 3.8) is 0 Å². The number of nitrogens with one attached hydrogen (secondary N) is 3. The van der Waals surface area contributed by atoms with Crippen LogP contribution in [0, 0.1) is 0 Å². The maximum absolute atomic E-state index is 11.9. The predicted molar refractivity (Wildman–Crippen MR) is 57.5 cm³/mol. The Hall–Kier alpha value is -1.18. The summed E-state index contributed by atoms with van der Waals surface area (Å²) in [7, 11) is 0. The molecule has 0 radical (unpaired) electrons. The number of nitrogens with zero attached hydrogens (tertiary/aromatic N) is 1. The van der Waals surface area contributed by atoms with Gasteiger partial charge in [0.25, 0.3) is 5.91 Å². The van der Waals surface area contributed by atoms with E-state index in [-0.39, 0.29) is 18.0 Å². The lowest BCUT2D eigenvalue weighted by Crippen LogP contribution is -2.67. The molecule has 0 bridgehead atoms. The van der Waals surface area contributed by atoms with Crippen LogP contribution in [0.3, 0.4) is 0 Å². The third-order valence-electron chi connectivity index (χ3n) is 3.79. The molecular weight excluding hydrogens is 224 g/mol. The monoisotopic (exact) mass is 240 g/mol. The van der Waals surface area contributed by atoms with Crippen molar-refractivity contribution in [2.75, 3.05) is 0 Å². The van der Waals surface area contributed by atoms with Gasteiger partial charge in [-0.1, -0.05) is 12.8 Å². The van der Waals surface area contributed by atoms with Crippen molar-refractivity contribution in [1.29, 1.82) is 0 Å². The number of carboxylic acid groups (broad SMARTS) is 1. The summed E-state index contributed by atoms with van der Waals surface area (Å²) in [6.07, 6.45) is 2.78. The minimum absolute atomic E-state index is 0.135. The third-order valence-corrected chi connectivity index (χ3v) is 3.79. The van der Waals surface area contributed by atoms with Crippen molar-refractivity contribution in [3.8, 4) is 0 Å². The highest BCUT2D eigenvalue weighted by atomic mass is 16.4. The van der Waals surface area contributed by atoms with Gasteiger partial charge in [-0.3, -0.25) is 10.1 Å². The first-order valence-electron chi connectivity index (χ1n) is 6.00. The molecule has 4 N–H and O–H groups in total. The fraction of sp³-hybridized carbons (Fsp3) is 0.800. The van der Waals surface area contributed by atoms with E-state index in [1.54, 1.807) is 5.01 Å². The molecule has 94 valence electrons. The fourth-order valence-corrected chi connectivity index (χ4v) is 2.99. The summed E-state index contributed by atoms with van der Waals surface area (Å²) in [5.74, 6) is -1.12. The highest BCUT2D eigenvalue weighted by Crippen LogP contribution is 2.28. The van der Waals surface area contributed by atoms with Crippen LogP contribution in [-0.2, 0) is 9.59 Å². The van der Waals surface area contributed by atoms with Crippen LogP contribution in [0.4, 0.5) is 0 Å². The zero-order valence-electron chi connectivity index (χ0n) is 9.35. The first kappa shape index (κ1) is 10.9. The van der Waals surface area contributed by atoms with Crippen LogP contribution < -0.4 is 16.1 Å². The predicted octanol–water partition coefficient (Wildman–Crippen LogP) is -1.43. The molecule has 2 heterocycles. The van der Waals surface area contributed by atoms with Crippen LogP contribution in [0.2, 0.25) is 0 Å². The van der Waals surface area contributed by atoms with E-state index in [1.165, 1.54) is 0 Å². The quantitative estimate of drug-likeness (QED) is 0.449. The summed E-state index contributed by atoms with van der Waals surface area (Å²) in [5, 5.41) is 16.5. The van der Waals surface area contributed by atoms with E-state index >= 15 is 0 Å². The standard InChI is InChI=1S/C10H16N4O3/c15-9-8-12-7(10(16)17)13-14(8)6-4-2-1-3-5(6)11-9/h5-8,12-13H,1-4H2,(H,11,15)(H,16,17). The van der Waals surface area contributed by atoms with Gasteiger partial charge in [0.15, 0.2) is 12.3 Å². The number of rotatable bonds is 1. The Morgan fingerprint density at radius 3 is 2.88 bits per heavy atom. The molecule has 0 spiro atoms. The SMILES string of the molecule is O=C(O)C1NC2C(=O)NC3CCCCC3N2N1. The minimum Gasteiger partial charge on any atom is -0.479 e. The van der Waals surface area contributed by atoms with Crippen molar-refractivity contribution >= 4 is 11.9 Å². The maximum atomic E-state index is 11.9. The molecule has 0 aromatic carbocycles. The lowest BCUT2D eigenvalue weighted by Gasteiger charge is -2.44. The van der Waals surface area contributed by atoms with Crippen molar-refractivity contribution in [1.82, 2.24) is 21.1 Å². The Labute approximate surface area is 98.5 Å². The molecule has 17 heavy (non-hydrogen) atoms. The van der Waals surface area contributed by atoms with Crippen LogP contribution in [0.15, 0.2) is 0 Å². The molecule has 4 unspecified atom stereocenters. The Morgan fingerprint density at radius 2 is 2.12 bits per heavy atom. The summed E-state index contributed by atoms with van der Waals surface area (Å²) < 4.78 is 0. The second-order valence-electron chi connectivity index (χ2n) is 4.84. The van der Waals surface area contributed by atoms with Crippen molar-refractivity contribution in [2.45, 2.75) is 50.1 Å². The van der Waals surface area contributed by atoms with E-state index in [1.807, 2.05) is 0 Å². The lowest BCUT2D eigenvalue weighted by atomic mass is 9.88. The molecule has 3 aliphatic rings. The number of aliphatic carboxylic acids is 1. The number of hydrogen-bond acceptors (Lipinski definition) is 5. The van der Waals surface area contributed by atoms with Crippen LogP contribution in [0.25, 0.3) is 0 Å². The average molecular weight is 240 g/mol. The van der Waals surface area contributed by atoms with Crippen LogP contribution in [0.1, 0.15) is 25.7 Å². The van der Waals surface area contributed by atoms with E-state index in [4.69, 9.17) is 5.11 Å². The van der Waals surface area contributed by atoms with E-state index in [0.717, 1.165) is 25.7 Å². The molecule has 2 saturated heterocycles. The van der Waals surface area contributed by atoms with E-state index in [9.17, 15) is 9.59 Å². The van der Waals surface area contributed by atoms with Gasteiger partial charge in [-0.2, -0.15) is 0 Å². The number of hydrazine groups is 1. The number of amides is 1. The van der Waals surface area contributed by atoms with Gasteiger partial charge in [-0.05, 0) is 12.8 Å². The molecule has 1 aliphatic carbocycles. The molecule has 2 aliphatic heterocycles. The molecule has 3 rings (SSSR count). The molecule has 4 atom stereocenters. The van der Waals surface area contributed by atoms with Gasteiger partial charge in [0.2, 0.25) is 0 Å². The van der Waals surface area contributed by atoms with Gasteiger partial charge in [-0.15, -0.1) is 0 Å². The molecule has 7 nitrogen and oxygen atoms in total. The van der Waals surface area contributed by atoms with E-state index in [2.05, 4.69) is 16.1 Å². The first-order chi connectivity index (χ1) is 8.16. The molecule has 1 saturated carbocycles. The maximum Gasteiger partial charge on any atom is 0.337 e. The van der Waals surface area contributed by atoms with E-state index < -0.39 is 18.3 Å². The normalized spacial score (nSPS) is 41.5. The first-order valence-corrected chi connectivity index (χ1v) is 6.00. The zero-order chi connectivity index (χ0) is 12.0. The highest BCUT2D eigenvalue weighted by molar-refractivity contribution is 5.84. The Balaban J connectivity index is 1.82. The second kappa shape index (κ2) is 3.94. The molecule has 1 amide bonds. The van der Waals surface area contributed by atoms with Gasteiger partial charge in [0, 0.05) is 12.1 Å². The smallest absolute Gasteiger partial charge is 0.337 e. The van der Waals surface area contributed by atoms with Gasteiger partial charge in [-0.25, -0.2) is 15.2 Å². The average Bonchev–Trinajstić information content (AvgIpc) is 2.75. The van der Waals surface area contributed by atoms with Crippen LogP contribution >= 0.6 is 0 Å². The molecule has 7 heteroatoms. The van der Waals surface area contributed by atoms with Gasteiger partial charge in [0.1, 0.15) is 0 Å². The van der Waals surface area contributed by atoms with Gasteiger partial charge < -0.3 is 10.4 Å². The van der Waals surface area contributed by atoms with Crippen molar-refractivity contribution in [2.24, 2.45) is 0 Å². The van der Waals surface area contributed by atoms with E-state index in [0.29, 0.717) is 0 Å². The number of fused-ring (bicyclic) bond motifs is 3. The molecule has 3 fully saturated rings. The van der Waals surface area contributed by atoms with Crippen LogP contribution in [-0.4, -0.2) is 46.4 Å². The summed E-state index contributed by atoms with van der Waals surface area (Å²) in [5.41, 5.74) is 2.88. The summed E-state index contributed by atoms with van der Waals surface area (Å²) >= 11 is 0. The number of piperazine rings is 1. The minimum atomic E-state index is -0.987. The second-order valence-corrected chi connectivity index (χ2v) is 4.84. The Kier molecular flexibility index (Phi) is 2.53. The molecule has 0 aromatic rings. The number of carboxylic acids is 1. The fourth-order valence-electron chi connectivity index (χ4n) is 2.99. The zero-order valence-corrected chi connectivity index (χ0v) is 9.35. The molecular formula is C10H16N4O3. The summed E-state index contributed by atoms with van der Waals surface area (Å²) in [6.45, 7) is 0. The van der Waals surface area contributed by atoms with Gasteiger partial charge >= 0.3 is 5.97 Å². The number of carbonyl (C=O) groups excluding carboxylic acids is 1.